The zero-order chi connectivity index (χ0) is 13.1. The molecule has 2 unspecified atom stereocenters. The number of fused-ring (bicyclic) bond motifs is 2. The number of hydrogen-bond donors (Lipinski definition) is 1. The van der Waals surface area contributed by atoms with E-state index >= 15 is 0 Å². The summed E-state index contributed by atoms with van der Waals surface area (Å²) in [6.45, 7) is 3.48. The maximum absolute atomic E-state index is 12.0. The van der Waals surface area contributed by atoms with E-state index in [9.17, 15) is 14.4 Å². The van der Waals surface area contributed by atoms with Gasteiger partial charge in [0.1, 0.15) is 0 Å². The lowest BCUT2D eigenvalue weighted by Gasteiger charge is -2.48. The van der Waals surface area contributed by atoms with Gasteiger partial charge in [-0.05, 0) is 12.8 Å². The summed E-state index contributed by atoms with van der Waals surface area (Å²) in [6.07, 6.45) is 0.699. The van der Waals surface area contributed by atoms with E-state index in [2.05, 4.69) is 15.9 Å². The molecule has 1 amide bonds. The molecule has 1 saturated heterocycles. The lowest BCUT2D eigenvalue weighted by molar-refractivity contribution is -0.195. The number of carbonyl (C=O) groups excluding carboxylic acids is 3. The Labute approximate surface area is 107 Å². The highest BCUT2D eigenvalue weighted by atomic mass is 79.9. The smallest absolute Gasteiger partial charge is 0.329 e. The summed E-state index contributed by atoms with van der Waals surface area (Å²) in [5.74, 6) is -2.06. The third-order valence-electron chi connectivity index (χ3n) is 4.76. The number of nitrogens with two attached hydrogens (primary N) is 1. The fourth-order valence-corrected chi connectivity index (χ4v) is 4.45. The van der Waals surface area contributed by atoms with Crippen molar-refractivity contribution in [3.63, 3.8) is 0 Å². The summed E-state index contributed by atoms with van der Waals surface area (Å²) >= 11 is 3.30. The molecule has 94 valence electrons. The van der Waals surface area contributed by atoms with Crippen LogP contribution in [0.3, 0.4) is 0 Å². The Morgan fingerprint density at radius 3 is 2.41 bits per heavy atom. The summed E-state index contributed by atoms with van der Waals surface area (Å²) in [5.41, 5.74) is 2.33. The molecule has 1 aliphatic carbocycles. The number of halogens is 1. The molecule has 2 aliphatic rings. The minimum Gasteiger partial charge on any atom is -0.392 e. The SMILES string of the molecule is CC1(C)C2(CBr)CCC1(C(N)=O)C(=O)OC2=O. The van der Waals surface area contributed by atoms with Gasteiger partial charge in [0.25, 0.3) is 0 Å². The molecule has 6 heteroatoms. The van der Waals surface area contributed by atoms with E-state index in [1.54, 1.807) is 13.8 Å². The van der Waals surface area contributed by atoms with Gasteiger partial charge in [0.05, 0.1) is 5.41 Å². The van der Waals surface area contributed by atoms with E-state index < -0.39 is 34.1 Å². The minimum atomic E-state index is -1.38. The molecule has 2 bridgehead atoms. The van der Waals surface area contributed by atoms with Crippen LogP contribution in [0, 0.1) is 16.2 Å². The minimum absolute atomic E-state index is 0.269. The van der Waals surface area contributed by atoms with Crippen LogP contribution in [-0.4, -0.2) is 23.2 Å². The van der Waals surface area contributed by atoms with Gasteiger partial charge in [-0.15, -0.1) is 0 Å². The second-order valence-electron chi connectivity index (χ2n) is 5.29. The highest BCUT2D eigenvalue weighted by Crippen LogP contribution is 2.66. The summed E-state index contributed by atoms with van der Waals surface area (Å²) in [5, 5.41) is 0.355. The zero-order valence-corrected chi connectivity index (χ0v) is 11.3. The Kier molecular flexibility index (Phi) is 2.44. The van der Waals surface area contributed by atoms with Crippen molar-refractivity contribution in [1.29, 1.82) is 0 Å². The van der Waals surface area contributed by atoms with Crippen molar-refractivity contribution in [3.05, 3.63) is 0 Å². The number of rotatable bonds is 2. The number of esters is 2. The Hall–Kier alpha value is -0.910. The summed E-state index contributed by atoms with van der Waals surface area (Å²) < 4.78 is 4.76. The summed E-state index contributed by atoms with van der Waals surface area (Å²) in [7, 11) is 0. The topological polar surface area (TPSA) is 86.5 Å². The Morgan fingerprint density at radius 1 is 1.35 bits per heavy atom. The molecule has 0 aromatic carbocycles. The van der Waals surface area contributed by atoms with Gasteiger partial charge >= 0.3 is 11.9 Å². The molecular weight excluding hydrogens is 290 g/mol. The largest absolute Gasteiger partial charge is 0.392 e. The molecule has 2 fully saturated rings. The molecule has 0 radical (unpaired) electrons. The molecule has 0 spiro atoms. The third kappa shape index (κ3) is 1.07. The first-order valence-corrected chi connectivity index (χ1v) is 6.51. The fourth-order valence-electron chi connectivity index (χ4n) is 3.24. The zero-order valence-electron chi connectivity index (χ0n) is 9.71. The van der Waals surface area contributed by atoms with E-state index in [0.29, 0.717) is 11.8 Å². The van der Waals surface area contributed by atoms with E-state index in [1.807, 2.05) is 0 Å². The Balaban J connectivity index is 2.69. The first-order chi connectivity index (χ1) is 7.76. The van der Waals surface area contributed by atoms with Crippen LogP contribution in [-0.2, 0) is 19.1 Å². The van der Waals surface area contributed by atoms with Crippen LogP contribution in [0.15, 0.2) is 0 Å². The van der Waals surface area contributed by atoms with Gasteiger partial charge in [-0.3, -0.25) is 14.4 Å². The van der Waals surface area contributed by atoms with Crippen molar-refractivity contribution in [2.75, 3.05) is 5.33 Å². The molecule has 1 saturated carbocycles. The second-order valence-corrected chi connectivity index (χ2v) is 5.85. The summed E-state index contributed by atoms with van der Waals surface area (Å²) in [4.78, 5) is 35.6. The van der Waals surface area contributed by atoms with Gasteiger partial charge in [-0.1, -0.05) is 29.8 Å². The van der Waals surface area contributed by atoms with E-state index in [0.717, 1.165) is 0 Å². The van der Waals surface area contributed by atoms with Crippen LogP contribution < -0.4 is 5.73 Å². The van der Waals surface area contributed by atoms with E-state index in [-0.39, 0.29) is 6.42 Å². The van der Waals surface area contributed by atoms with Gasteiger partial charge in [0.15, 0.2) is 5.41 Å². The van der Waals surface area contributed by atoms with Gasteiger partial charge in [-0.2, -0.15) is 0 Å². The highest BCUT2D eigenvalue weighted by Gasteiger charge is 2.76. The van der Waals surface area contributed by atoms with E-state index in [4.69, 9.17) is 10.5 Å². The van der Waals surface area contributed by atoms with Crippen molar-refractivity contribution in [2.24, 2.45) is 22.0 Å². The molecule has 2 N–H and O–H groups in total. The van der Waals surface area contributed by atoms with Crippen LogP contribution in [0.4, 0.5) is 0 Å². The quantitative estimate of drug-likeness (QED) is 0.463. The number of carbonyl (C=O) groups is 3. The van der Waals surface area contributed by atoms with Crippen molar-refractivity contribution in [2.45, 2.75) is 26.7 Å². The first kappa shape index (κ1) is 12.5. The van der Waals surface area contributed by atoms with Crippen molar-refractivity contribution in [1.82, 2.24) is 0 Å². The monoisotopic (exact) mass is 303 g/mol. The number of amides is 1. The molecule has 5 nitrogen and oxygen atoms in total. The molecule has 0 aromatic rings. The lowest BCUT2D eigenvalue weighted by atomic mass is 9.57. The van der Waals surface area contributed by atoms with Crippen molar-refractivity contribution in [3.8, 4) is 0 Å². The predicted molar refractivity (Wildman–Crippen MR) is 62.0 cm³/mol. The number of hydrogen-bond acceptors (Lipinski definition) is 4. The second kappa shape index (κ2) is 3.31. The molecule has 1 aliphatic heterocycles. The molecule has 2 atom stereocenters. The Bertz CT molecular complexity index is 433. The maximum Gasteiger partial charge on any atom is 0.329 e. The number of alkyl halides is 1. The molecule has 17 heavy (non-hydrogen) atoms. The van der Waals surface area contributed by atoms with Crippen LogP contribution in [0.5, 0.6) is 0 Å². The average Bonchev–Trinajstić information content (AvgIpc) is 2.38. The molecule has 2 rings (SSSR count). The molecular formula is C11H14BrNO4. The van der Waals surface area contributed by atoms with Crippen LogP contribution in [0.1, 0.15) is 26.7 Å². The van der Waals surface area contributed by atoms with Gasteiger partial charge in [0.2, 0.25) is 5.91 Å². The van der Waals surface area contributed by atoms with Crippen LogP contribution in [0.25, 0.3) is 0 Å². The van der Waals surface area contributed by atoms with Crippen molar-refractivity contribution >= 4 is 33.8 Å². The highest BCUT2D eigenvalue weighted by molar-refractivity contribution is 9.09. The Morgan fingerprint density at radius 2 is 1.94 bits per heavy atom. The van der Waals surface area contributed by atoms with Gasteiger partial charge in [-0.25, -0.2) is 0 Å². The average molecular weight is 304 g/mol. The standard InChI is InChI=1S/C11H14BrNO4/c1-9(2)10(5-12)3-4-11(9,6(13)14)8(16)17-7(10)15/h3-5H2,1-2H3,(H2,13,14). The number of ether oxygens (including phenoxy) is 1. The van der Waals surface area contributed by atoms with E-state index in [1.165, 1.54) is 0 Å². The predicted octanol–water partition coefficient (Wildman–Crippen LogP) is 0.743. The fraction of sp³-hybridized carbons (Fsp3) is 0.727. The maximum atomic E-state index is 12.0. The lowest BCUT2D eigenvalue weighted by Crippen LogP contribution is -2.62. The van der Waals surface area contributed by atoms with Gasteiger partial charge < -0.3 is 10.5 Å². The van der Waals surface area contributed by atoms with Crippen LogP contribution >= 0.6 is 15.9 Å². The summed E-state index contributed by atoms with van der Waals surface area (Å²) in [6, 6.07) is 0. The first-order valence-electron chi connectivity index (χ1n) is 5.39. The molecule has 0 aromatic heterocycles. The van der Waals surface area contributed by atoms with Crippen LogP contribution in [0.2, 0.25) is 0 Å². The van der Waals surface area contributed by atoms with Crippen molar-refractivity contribution < 1.29 is 19.1 Å². The molecule has 1 heterocycles. The van der Waals surface area contributed by atoms with Gasteiger partial charge in [0, 0.05) is 10.7 Å². The number of cyclic esters (lactones) is 2. The third-order valence-corrected chi connectivity index (χ3v) is 5.72. The number of primary amides is 1. The normalized spacial score (nSPS) is 39.0.